The van der Waals surface area contributed by atoms with E-state index in [4.69, 9.17) is 9.84 Å². The van der Waals surface area contributed by atoms with E-state index in [-0.39, 0.29) is 25.2 Å². The summed E-state index contributed by atoms with van der Waals surface area (Å²) >= 11 is 0. The lowest BCUT2D eigenvalue weighted by atomic mass is 10.1. The predicted molar refractivity (Wildman–Crippen MR) is 84.7 cm³/mol. The summed E-state index contributed by atoms with van der Waals surface area (Å²) in [5.41, 5.74) is 0.901. The number of nitrogens with one attached hydrogen (secondary N) is 2. The van der Waals surface area contributed by atoms with Gasteiger partial charge in [-0.05, 0) is 25.0 Å². The van der Waals surface area contributed by atoms with Crippen LogP contribution in [0.2, 0.25) is 0 Å². The zero-order chi connectivity index (χ0) is 16.5. The standard InChI is InChI=1S/C16H24N2O4/c1-11(2)12(3)18-15(20)10-22-16(21)13-6-4-5-7-14(13)17-8-9-19/h4-7,11-12,17,19H,8-10H2,1-3H3,(H,18,20)/t12-/m0/s1. The Balaban J connectivity index is 2.57. The van der Waals surface area contributed by atoms with Crippen molar-refractivity contribution in [1.82, 2.24) is 5.32 Å². The monoisotopic (exact) mass is 308 g/mol. The van der Waals surface area contributed by atoms with Crippen molar-refractivity contribution >= 4 is 17.6 Å². The number of amides is 1. The molecule has 0 bridgehead atoms. The molecule has 0 saturated heterocycles. The second-order valence-corrected chi connectivity index (χ2v) is 5.37. The molecule has 0 aliphatic heterocycles. The zero-order valence-corrected chi connectivity index (χ0v) is 13.3. The molecule has 1 atom stereocenters. The molecular weight excluding hydrogens is 284 g/mol. The summed E-state index contributed by atoms with van der Waals surface area (Å²) in [6.07, 6.45) is 0. The van der Waals surface area contributed by atoms with E-state index in [2.05, 4.69) is 10.6 Å². The van der Waals surface area contributed by atoms with Gasteiger partial charge in [0.1, 0.15) is 0 Å². The van der Waals surface area contributed by atoms with Crippen LogP contribution in [0.15, 0.2) is 24.3 Å². The van der Waals surface area contributed by atoms with E-state index < -0.39 is 5.97 Å². The first-order chi connectivity index (χ1) is 10.5. The van der Waals surface area contributed by atoms with E-state index >= 15 is 0 Å². The van der Waals surface area contributed by atoms with Crippen LogP contribution >= 0.6 is 0 Å². The average molecular weight is 308 g/mol. The van der Waals surface area contributed by atoms with Crippen LogP contribution in [0.3, 0.4) is 0 Å². The largest absolute Gasteiger partial charge is 0.452 e. The van der Waals surface area contributed by atoms with Gasteiger partial charge in [0.15, 0.2) is 6.61 Å². The Hall–Kier alpha value is -2.08. The molecule has 0 radical (unpaired) electrons. The number of esters is 1. The lowest BCUT2D eigenvalue weighted by Gasteiger charge is -2.17. The Kier molecular flexibility index (Phi) is 7.39. The number of aliphatic hydroxyl groups excluding tert-OH is 1. The third-order valence-corrected chi connectivity index (χ3v) is 3.30. The first-order valence-corrected chi connectivity index (χ1v) is 7.36. The van der Waals surface area contributed by atoms with Crippen molar-refractivity contribution in [3.05, 3.63) is 29.8 Å². The Morgan fingerprint density at radius 2 is 1.91 bits per heavy atom. The molecule has 0 spiro atoms. The number of para-hydroxylation sites is 1. The van der Waals surface area contributed by atoms with Crippen LogP contribution in [0.5, 0.6) is 0 Å². The number of hydrogen-bond acceptors (Lipinski definition) is 5. The first-order valence-electron chi connectivity index (χ1n) is 7.36. The summed E-state index contributed by atoms with van der Waals surface area (Å²) in [7, 11) is 0. The highest BCUT2D eigenvalue weighted by Crippen LogP contribution is 2.15. The molecule has 0 aliphatic rings. The quantitative estimate of drug-likeness (QED) is 0.632. The third-order valence-electron chi connectivity index (χ3n) is 3.30. The maximum atomic E-state index is 12.0. The summed E-state index contributed by atoms with van der Waals surface area (Å²) in [5, 5.41) is 14.5. The molecular formula is C16H24N2O4. The van der Waals surface area contributed by atoms with E-state index in [1.807, 2.05) is 20.8 Å². The molecule has 122 valence electrons. The third kappa shape index (κ3) is 5.73. The van der Waals surface area contributed by atoms with Gasteiger partial charge in [-0.15, -0.1) is 0 Å². The molecule has 6 heteroatoms. The van der Waals surface area contributed by atoms with Crippen LogP contribution in [0.1, 0.15) is 31.1 Å². The highest BCUT2D eigenvalue weighted by molar-refractivity contribution is 5.96. The molecule has 0 unspecified atom stereocenters. The van der Waals surface area contributed by atoms with Crippen molar-refractivity contribution in [1.29, 1.82) is 0 Å². The van der Waals surface area contributed by atoms with Crippen LogP contribution in [0.4, 0.5) is 5.69 Å². The minimum Gasteiger partial charge on any atom is -0.452 e. The van der Waals surface area contributed by atoms with E-state index in [0.717, 1.165) is 0 Å². The minimum absolute atomic E-state index is 0.0182. The molecule has 1 amide bonds. The van der Waals surface area contributed by atoms with Gasteiger partial charge in [-0.25, -0.2) is 4.79 Å². The SMILES string of the molecule is CC(C)[C@H](C)NC(=O)COC(=O)c1ccccc1NCCO. The molecule has 22 heavy (non-hydrogen) atoms. The molecule has 6 nitrogen and oxygen atoms in total. The molecule has 0 aliphatic carbocycles. The summed E-state index contributed by atoms with van der Waals surface area (Å²) in [6, 6.07) is 6.82. The Bertz CT molecular complexity index is 503. The van der Waals surface area contributed by atoms with Crippen LogP contribution in [-0.2, 0) is 9.53 Å². The Morgan fingerprint density at radius 3 is 2.55 bits per heavy atom. The molecule has 1 rings (SSSR count). The van der Waals surface area contributed by atoms with E-state index in [1.54, 1.807) is 24.3 Å². The second kappa shape index (κ2) is 9.04. The van der Waals surface area contributed by atoms with Crippen LogP contribution < -0.4 is 10.6 Å². The first kappa shape index (κ1) is 18.0. The minimum atomic E-state index is -0.576. The van der Waals surface area contributed by atoms with Gasteiger partial charge >= 0.3 is 5.97 Å². The fourth-order valence-electron chi connectivity index (χ4n) is 1.68. The van der Waals surface area contributed by atoms with Gasteiger partial charge in [0.05, 0.1) is 12.2 Å². The van der Waals surface area contributed by atoms with Crippen LogP contribution in [-0.4, -0.2) is 42.8 Å². The van der Waals surface area contributed by atoms with Gasteiger partial charge in [-0.3, -0.25) is 4.79 Å². The highest BCUT2D eigenvalue weighted by Gasteiger charge is 2.15. The van der Waals surface area contributed by atoms with Gasteiger partial charge < -0.3 is 20.5 Å². The van der Waals surface area contributed by atoms with Crippen molar-refractivity contribution in [3.8, 4) is 0 Å². The van der Waals surface area contributed by atoms with E-state index in [0.29, 0.717) is 23.7 Å². The number of anilines is 1. The number of ether oxygens (including phenoxy) is 1. The highest BCUT2D eigenvalue weighted by atomic mass is 16.5. The Labute approximate surface area is 130 Å². The average Bonchev–Trinajstić information content (AvgIpc) is 2.50. The smallest absolute Gasteiger partial charge is 0.340 e. The lowest BCUT2D eigenvalue weighted by Crippen LogP contribution is -2.38. The fraction of sp³-hybridized carbons (Fsp3) is 0.500. The number of carbonyl (C=O) groups excluding carboxylic acids is 2. The molecule has 0 fully saturated rings. The van der Waals surface area contributed by atoms with Crippen LogP contribution in [0, 0.1) is 5.92 Å². The molecule has 0 aromatic heterocycles. The number of benzene rings is 1. The van der Waals surface area contributed by atoms with Gasteiger partial charge in [0.2, 0.25) is 0 Å². The van der Waals surface area contributed by atoms with Gasteiger partial charge in [-0.2, -0.15) is 0 Å². The number of rotatable bonds is 8. The van der Waals surface area contributed by atoms with Gasteiger partial charge in [0.25, 0.3) is 5.91 Å². The van der Waals surface area contributed by atoms with E-state index in [9.17, 15) is 9.59 Å². The normalized spacial score (nSPS) is 11.9. The maximum Gasteiger partial charge on any atom is 0.340 e. The van der Waals surface area contributed by atoms with Gasteiger partial charge in [-0.1, -0.05) is 26.0 Å². The summed E-state index contributed by atoms with van der Waals surface area (Å²) in [6.45, 7) is 5.87. The zero-order valence-electron chi connectivity index (χ0n) is 13.3. The molecule has 1 aromatic rings. The second-order valence-electron chi connectivity index (χ2n) is 5.37. The molecule has 0 saturated carbocycles. The van der Waals surface area contributed by atoms with Crippen LogP contribution in [0.25, 0.3) is 0 Å². The molecule has 0 heterocycles. The molecule has 3 N–H and O–H groups in total. The Morgan fingerprint density at radius 1 is 1.23 bits per heavy atom. The predicted octanol–water partition coefficient (Wildman–Crippen LogP) is 1.41. The summed E-state index contributed by atoms with van der Waals surface area (Å²) < 4.78 is 5.04. The lowest BCUT2D eigenvalue weighted by molar-refractivity contribution is -0.125. The van der Waals surface area contributed by atoms with E-state index in [1.165, 1.54) is 0 Å². The van der Waals surface area contributed by atoms with Crippen molar-refractivity contribution in [2.75, 3.05) is 25.1 Å². The number of aliphatic hydroxyl groups is 1. The molecule has 1 aromatic carbocycles. The fourth-order valence-corrected chi connectivity index (χ4v) is 1.68. The van der Waals surface area contributed by atoms with Gasteiger partial charge in [0, 0.05) is 18.3 Å². The summed E-state index contributed by atoms with van der Waals surface area (Å²) in [4.78, 5) is 23.8. The van der Waals surface area contributed by atoms with Crippen molar-refractivity contribution in [3.63, 3.8) is 0 Å². The van der Waals surface area contributed by atoms with Crippen molar-refractivity contribution in [2.45, 2.75) is 26.8 Å². The number of carbonyl (C=O) groups is 2. The topological polar surface area (TPSA) is 87.7 Å². The van der Waals surface area contributed by atoms with Crippen molar-refractivity contribution in [2.24, 2.45) is 5.92 Å². The summed E-state index contributed by atoms with van der Waals surface area (Å²) in [5.74, 6) is -0.591. The van der Waals surface area contributed by atoms with Crippen molar-refractivity contribution < 1.29 is 19.4 Å². The maximum absolute atomic E-state index is 12.0. The number of hydrogen-bond donors (Lipinski definition) is 3.